The molecule has 0 unspecified atom stereocenters. The highest BCUT2D eigenvalue weighted by molar-refractivity contribution is 9.10. The lowest BCUT2D eigenvalue weighted by molar-refractivity contribution is 0.415. The Morgan fingerprint density at radius 1 is 1.35 bits per heavy atom. The fraction of sp³-hybridized carbons (Fsp3) is 0.0833. The zero-order chi connectivity index (χ0) is 12.3. The molecule has 5 heteroatoms. The van der Waals surface area contributed by atoms with E-state index in [9.17, 15) is 4.39 Å². The number of hydrogen-bond donors (Lipinski definition) is 1. The summed E-state index contributed by atoms with van der Waals surface area (Å²) < 4.78 is 19.2. The summed E-state index contributed by atoms with van der Waals surface area (Å²) in [7, 11) is 1.58. The Bertz CT molecular complexity index is 534. The summed E-state index contributed by atoms with van der Waals surface area (Å²) in [5.74, 6) is 0.469. The molecule has 1 N–H and O–H groups in total. The van der Waals surface area contributed by atoms with Gasteiger partial charge in [0, 0.05) is 22.4 Å². The molecule has 0 aliphatic heterocycles. The summed E-state index contributed by atoms with van der Waals surface area (Å²) in [5, 5.41) is 2.89. The van der Waals surface area contributed by atoms with Crippen LogP contribution in [-0.4, -0.2) is 12.1 Å². The van der Waals surface area contributed by atoms with E-state index >= 15 is 0 Å². The summed E-state index contributed by atoms with van der Waals surface area (Å²) >= 11 is 3.15. The molecule has 1 aromatic carbocycles. The number of benzene rings is 1. The minimum absolute atomic E-state index is 0.182. The first kappa shape index (κ1) is 11.9. The van der Waals surface area contributed by atoms with Crippen LogP contribution in [0.2, 0.25) is 0 Å². The molecule has 0 atom stereocenters. The topological polar surface area (TPSA) is 34.1 Å². The molecule has 0 aliphatic rings. The molecule has 0 bridgehead atoms. The Labute approximate surface area is 107 Å². The van der Waals surface area contributed by atoms with E-state index in [0.29, 0.717) is 10.2 Å². The molecule has 17 heavy (non-hydrogen) atoms. The van der Waals surface area contributed by atoms with E-state index in [0.717, 1.165) is 5.69 Å². The highest BCUT2D eigenvalue weighted by atomic mass is 79.9. The Balaban J connectivity index is 2.25. The second-order valence-corrected chi connectivity index (χ2v) is 4.26. The van der Waals surface area contributed by atoms with Gasteiger partial charge < -0.3 is 10.1 Å². The van der Waals surface area contributed by atoms with Crippen molar-refractivity contribution < 1.29 is 9.13 Å². The summed E-state index contributed by atoms with van der Waals surface area (Å²) in [6.45, 7) is 0. The predicted octanol–water partition coefficient (Wildman–Crippen LogP) is 3.74. The first-order valence-corrected chi connectivity index (χ1v) is 5.70. The summed E-state index contributed by atoms with van der Waals surface area (Å²) in [5.41, 5.74) is 0.720. The van der Waals surface area contributed by atoms with Crippen molar-refractivity contribution in [1.82, 2.24) is 4.98 Å². The van der Waals surface area contributed by atoms with Crippen molar-refractivity contribution in [3.05, 3.63) is 46.8 Å². The van der Waals surface area contributed by atoms with Gasteiger partial charge in [-0.2, -0.15) is 0 Å². The average Bonchev–Trinajstić information content (AvgIpc) is 2.33. The fourth-order valence-corrected chi connectivity index (χ4v) is 1.65. The Morgan fingerprint density at radius 2 is 2.18 bits per heavy atom. The number of ether oxygens (including phenoxy) is 1. The first-order chi connectivity index (χ1) is 8.19. The number of nitrogens with zero attached hydrogens (tertiary/aromatic N) is 1. The average molecular weight is 297 g/mol. The van der Waals surface area contributed by atoms with Crippen molar-refractivity contribution in [1.29, 1.82) is 0 Å². The van der Waals surface area contributed by atoms with E-state index in [-0.39, 0.29) is 5.82 Å². The Morgan fingerprint density at radius 3 is 2.88 bits per heavy atom. The third-order valence-corrected chi connectivity index (χ3v) is 2.57. The fourth-order valence-electron chi connectivity index (χ4n) is 1.34. The van der Waals surface area contributed by atoms with Gasteiger partial charge in [0.1, 0.15) is 5.75 Å². The maximum absolute atomic E-state index is 13.5. The van der Waals surface area contributed by atoms with E-state index in [2.05, 4.69) is 26.2 Å². The van der Waals surface area contributed by atoms with Crippen LogP contribution in [0.3, 0.4) is 0 Å². The van der Waals surface area contributed by atoms with E-state index in [1.54, 1.807) is 13.2 Å². The van der Waals surface area contributed by atoms with Crippen molar-refractivity contribution >= 4 is 27.4 Å². The van der Waals surface area contributed by atoms with Gasteiger partial charge in [-0.1, -0.05) is 6.07 Å². The van der Waals surface area contributed by atoms with Crippen molar-refractivity contribution in [2.75, 3.05) is 12.4 Å². The van der Waals surface area contributed by atoms with Crippen molar-refractivity contribution in [3.8, 4) is 5.75 Å². The molecule has 0 fully saturated rings. The molecule has 2 aromatic rings. The molecule has 0 amide bonds. The van der Waals surface area contributed by atoms with Crippen LogP contribution in [0.5, 0.6) is 5.75 Å². The Hall–Kier alpha value is -1.62. The molecule has 88 valence electrons. The number of pyridine rings is 1. The Kier molecular flexibility index (Phi) is 3.58. The van der Waals surface area contributed by atoms with Crippen LogP contribution in [-0.2, 0) is 0 Å². The number of nitrogens with one attached hydrogen (secondary N) is 1. The lowest BCUT2D eigenvalue weighted by Crippen LogP contribution is -1.97. The van der Waals surface area contributed by atoms with Crippen molar-refractivity contribution in [3.63, 3.8) is 0 Å². The molecule has 1 aromatic heterocycles. The molecule has 0 spiro atoms. The van der Waals surface area contributed by atoms with Crippen LogP contribution < -0.4 is 10.1 Å². The molecular weight excluding hydrogens is 287 g/mol. The van der Waals surface area contributed by atoms with Gasteiger partial charge in [0.2, 0.25) is 0 Å². The second kappa shape index (κ2) is 5.14. The van der Waals surface area contributed by atoms with Crippen LogP contribution >= 0.6 is 15.9 Å². The van der Waals surface area contributed by atoms with Gasteiger partial charge in [0.25, 0.3) is 0 Å². The minimum atomic E-state index is -0.415. The quantitative estimate of drug-likeness (QED) is 0.937. The number of aromatic nitrogens is 1. The van der Waals surface area contributed by atoms with Crippen LogP contribution in [0.15, 0.2) is 41.0 Å². The lowest BCUT2D eigenvalue weighted by Gasteiger charge is -2.08. The monoisotopic (exact) mass is 296 g/mol. The number of halogens is 2. The number of anilines is 2. The van der Waals surface area contributed by atoms with Gasteiger partial charge in [-0.25, -0.2) is 9.37 Å². The first-order valence-electron chi connectivity index (χ1n) is 4.91. The summed E-state index contributed by atoms with van der Waals surface area (Å²) in [6.07, 6.45) is 1.53. The molecule has 2 rings (SSSR count). The van der Waals surface area contributed by atoms with Crippen LogP contribution in [0.1, 0.15) is 0 Å². The number of methoxy groups -OCH3 is 1. The standard InChI is InChI=1S/C12H10BrFN2O/c1-17-10-4-2-3-9(6-10)16-12-11(14)5-8(13)7-15-12/h2-7H,1H3,(H,15,16). The van der Waals surface area contributed by atoms with Gasteiger partial charge in [0.05, 0.1) is 7.11 Å². The van der Waals surface area contributed by atoms with Gasteiger partial charge in [0.15, 0.2) is 11.6 Å². The smallest absolute Gasteiger partial charge is 0.166 e. The van der Waals surface area contributed by atoms with Crippen LogP contribution in [0, 0.1) is 5.82 Å². The minimum Gasteiger partial charge on any atom is -0.497 e. The van der Waals surface area contributed by atoms with E-state index < -0.39 is 5.82 Å². The summed E-state index contributed by atoms with van der Waals surface area (Å²) in [4.78, 5) is 3.95. The van der Waals surface area contributed by atoms with Gasteiger partial charge >= 0.3 is 0 Å². The zero-order valence-electron chi connectivity index (χ0n) is 9.08. The largest absolute Gasteiger partial charge is 0.497 e. The third-order valence-electron chi connectivity index (χ3n) is 2.14. The lowest BCUT2D eigenvalue weighted by atomic mass is 10.3. The maximum Gasteiger partial charge on any atom is 0.166 e. The molecule has 1 heterocycles. The van der Waals surface area contributed by atoms with Crippen LogP contribution in [0.4, 0.5) is 15.9 Å². The molecular formula is C12H10BrFN2O. The molecule has 0 saturated carbocycles. The number of rotatable bonds is 3. The maximum atomic E-state index is 13.5. The van der Waals surface area contributed by atoms with Crippen molar-refractivity contribution in [2.24, 2.45) is 0 Å². The van der Waals surface area contributed by atoms with Crippen LogP contribution in [0.25, 0.3) is 0 Å². The SMILES string of the molecule is COc1cccc(Nc2ncc(Br)cc2F)c1. The molecule has 0 aliphatic carbocycles. The number of hydrogen-bond acceptors (Lipinski definition) is 3. The van der Waals surface area contributed by atoms with E-state index in [1.165, 1.54) is 12.3 Å². The molecule has 0 radical (unpaired) electrons. The molecule has 0 saturated heterocycles. The van der Waals surface area contributed by atoms with Gasteiger partial charge in [-0.15, -0.1) is 0 Å². The second-order valence-electron chi connectivity index (χ2n) is 3.34. The highest BCUT2D eigenvalue weighted by Gasteiger charge is 2.05. The third kappa shape index (κ3) is 2.94. The normalized spacial score (nSPS) is 10.1. The molecule has 3 nitrogen and oxygen atoms in total. The summed E-state index contributed by atoms with van der Waals surface area (Å²) in [6, 6.07) is 8.57. The van der Waals surface area contributed by atoms with Gasteiger partial charge in [-0.05, 0) is 34.1 Å². The predicted molar refractivity (Wildman–Crippen MR) is 68.2 cm³/mol. The van der Waals surface area contributed by atoms with Crippen molar-refractivity contribution in [2.45, 2.75) is 0 Å². The highest BCUT2D eigenvalue weighted by Crippen LogP contribution is 2.23. The van der Waals surface area contributed by atoms with E-state index in [1.807, 2.05) is 18.2 Å². The van der Waals surface area contributed by atoms with Gasteiger partial charge in [-0.3, -0.25) is 0 Å². The zero-order valence-corrected chi connectivity index (χ0v) is 10.7. The van der Waals surface area contributed by atoms with E-state index in [4.69, 9.17) is 4.74 Å².